The summed E-state index contributed by atoms with van der Waals surface area (Å²) in [6.07, 6.45) is 0. The van der Waals surface area contributed by atoms with E-state index in [9.17, 15) is 0 Å². The maximum atomic E-state index is 8.40. The Bertz CT molecular complexity index is 47.8. The van der Waals surface area contributed by atoms with Gasteiger partial charge in [0.25, 0.3) is 0 Å². The molecule has 0 spiro atoms. The Kier molecular flexibility index (Phi) is 181. The molecule has 0 bridgehead atoms. The molecule has 0 rings (SSSR count). The van der Waals surface area contributed by atoms with Gasteiger partial charge in [0, 0.05) is 0 Å². The summed E-state index contributed by atoms with van der Waals surface area (Å²) < 4.78 is 25.1. The second-order valence-corrected chi connectivity index (χ2v) is 0.250. The molecule has 0 aliphatic carbocycles. The van der Waals surface area contributed by atoms with Crippen LogP contribution in [-0.2, 0) is 12.7 Å². The second kappa shape index (κ2) is 53.3. The van der Waals surface area contributed by atoms with Gasteiger partial charge in [-0.3, -0.25) is 8.92 Å². The van der Waals surface area contributed by atoms with E-state index in [1.54, 1.807) is 0 Å². The van der Waals surface area contributed by atoms with E-state index in [0.29, 0.717) is 16.2 Å². The van der Waals surface area contributed by atoms with E-state index in [-0.39, 0.29) is 46.1 Å². The van der Waals surface area contributed by atoms with E-state index in [1.807, 2.05) is 0 Å². The molecule has 38 valence electrons. The summed E-state index contributed by atoms with van der Waals surface area (Å²) in [6.45, 7) is 0. The molecule has 4 nitrogen and oxygen atoms in total. The third-order valence-corrected chi connectivity index (χ3v) is 0. The summed E-state index contributed by atoms with van der Waals surface area (Å²) >= 11 is 0.611. The molecule has 2 N–H and O–H groups in total. The Morgan fingerprint density at radius 3 is 1.29 bits per heavy atom. The van der Waals surface area contributed by atoms with Crippen LogP contribution in [0.3, 0.4) is 0 Å². The fourth-order valence-corrected chi connectivity index (χ4v) is 0. The van der Waals surface area contributed by atoms with Gasteiger partial charge in [-0.2, -0.15) is 0 Å². The first-order chi connectivity index (χ1) is 2.41. The minimum atomic E-state index is -1.42. The molecule has 0 aliphatic heterocycles. The zero-order valence-corrected chi connectivity index (χ0v) is 8.26. The van der Waals surface area contributed by atoms with Crippen LogP contribution in [0.2, 0.25) is 0 Å². The maximum absolute atomic E-state index is 8.40. The molecule has 0 aromatic rings. The monoisotopic (exact) mass is 164 g/mol. The van der Waals surface area contributed by atoms with Crippen LogP contribution in [0.4, 0.5) is 0 Å². The molecule has 0 unspecified atom stereocenters. The molecule has 7 heteroatoms. The van der Waals surface area contributed by atoms with E-state index >= 15 is 0 Å². The van der Waals surface area contributed by atoms with Crippen LogP contribution in [0.15, 0.2) is 0 Å². The van der Waals surface area contributed by atoms with Gasteiger partial charge in [-0.25, -0.2) is 0 Å². The van der Waals surface area contributed by atoms with Crippen molar-refractivity contribution >= 4 is 63.3 Å². The summed E-state index contributed by atoms with van der Waals surface area (Å²) in [6, 6.07) is 0. The van der Waals surface area contributed by atoms with E-state index in [1.165, 1.54) is 0 Å². The second-order valence-electron chi connectivity index (χ2n) is 0.0833. The Balaban J connectivity index is -0.00000000357. The van der Waals surface area contributed by atoms with Crippen LogP contribution in [0.5, 0.6) is 0 Å². The quantitative estimate of drug-likeness (QED) is 0.375. The summed E-state index contributed by atoms with van der Waals surface area (Å²) in [5, 5.41) is 0. The van der Waals surface area contributed by atoms with Crippen molar-refractivity contribution in [2.24, 2.45) is 0 Å². The fraction of sp³-hybridized carbons (Fsp3) is 0. The van der Waals surface area contributed by atoms with Gasteiger partial charge in [-0.05, 0) is 0 Å². The zero-order chi connectivity index (χ0) is 4.71. The number of rotatable bonds is 0. The summed E-state index contributed by atoms with van der Waals surface area (Å²) in [7, 11) is -1.42. The molecule has 7 heavy (non-hydrogen) atoms. The molecule has 0 saturated carbocycles. The van der Waals surface area contributed by atoms with Gasteiger partial charge in [0.15, 0.2) is 0 Å². The van der Waals surface area contributed by atoms with Crippen molar-refractivity contribution < 1.29 is 21.1 Å². The van der Waals surface area contributed by atoms with Crippen LogP contribution >= 0.6 is 0 Å². The zero-order valence-electron chi connectivity index (χ0n) is 5.64. The van der Waals surface area contributed by atoms with E-state index < -0.39 is 9.29 Å². The van der Waals surface area contributed by atoms with E-state index in [2.05, 4.69) is 0 Å². The normalized spacial score (nSPS) is 1.57. The average molecular weight is 164 g/mol. The van der Waals surface area contributed by atoms with Crippen molar-refractivity contribution in [3.8, 4) is 0 Å². The molecular weight excluding hydrogens is 159 g/mol. The third-order valence-electron chi connectivity index (χ3n) is 0. The van der Waals surface area contributed by atoms with Gasteiger partial charge in [0.05, 0.1) is 0 Å². The molecular formula is H5AlCaO4Si. The molecule has 0 aromatic heterocycles. The number of hydrogen-bond acceptors (Lipinski definition) is 3. The standard InChI is InChI=1S/Al.Ca.O2Si.H2O.O.3H/c;;1-3-2;;;;;/h;;;1H2;;;;/q;+2;;;;;2*-1. The Morgan fingerprint density at radius 2 is 1.29 bits per heavy atom. The Labute approximate surface area is 83.5 Å². The van der Waals surface area contributed by atoms with E-state index in [0.717, 1.165) is 0 Å². The summed E-state index contributed by atoms with van der Waals surface area (Å²) in [5.41, 5.74) is 0. The third kappa shape index (κ3) is 113. The molecule has 0 amide bonds. The van der Waals surface area contributed by atoms with Crippen molar-refractivity contribution in [2.75, 3.05) is 0 Å². The van der Waals surface area contributed by atoms with Crippen molar-refractivity contribution in [2.45, 2.75) is 0 Å². The van der Waals surface area contributed by atoms with Gasteiger partial charge in [0.2, 0.25) is 0 Å². The van der Waals surface area contributed by atoms with Gasteiger partial charge in [-0.1, -0.05) is 0 Å². The molecule has 0 aromatic carbocycles. The molecule has 0 radical (unpaired) electrons. The van der Waals surface area contributed by atoms with Crippen LogP contribution in [0.1, 0.15) is 2.85 Å². The van der Waals surface area contributed by atoms with Crippen LogP contribution < -0.4 is 0 Å². The number of hydrogen-bond donors (Lipinski definition) is 0. The molecule has 0 atom stereocenters. The van der Waals surface area contributed by atoms with Crippen molar-refractivity contribution in [3.05, 3.63) is 0 Å². The summed E-state index contributed by atoms with van der Waals surface area (Å²) in [5.74, 6) is 0. The molecule has 0 aliphatic rings. The van der Waals surface area contributed by atoms with E-state index in [4.69, 9.17) is 12.7 Å². The van der Waals surface area contributed by atoms with Gasteiger partial charge in [-0.15, -0.1) is 0 Å². The van der Waals surface area contributed by atoms with Crippen molar-refractivity contribution in [1.29, 1.82) is 0 Å². The van der Waals surface area contributed by atoms with Gasteiger partial charge in [0.1, 0.15) is 0 Å². The average Bonchev–Trinajstić information content (AvgIpc) is 1.46. The SMILES string of the molecule is O.O=[Si]=O.[Ca+2].[H-].[H-].[O]=[AlH]. The Morgan fingerprint density at radius 1 is 1.29 bits per heavy atom. The molecule has 0 saturated heterocycles. The van der Waals surface area contributed by atoms with Gasteiger partial charge >= 0.3 is 67.1 Å². The van der Waals surface area contributed by atoms with Crippen LogP contribution in [0, 0.1) is 0 Å². The van der Waals surface area contributed by atoms with Crippen molar-refractivity contribution in [1.82, 2.24) is 0 Å². The first-order valence-electron chi connectivity index (χ1n) is 0.697. The first kappa shape index (κ1) is 23.8. The van der Waals surface area contributed by atoms with Crippen molar-refractivity contribution in [3.63, 3.8) is 0 Å². The Hall–Kier alpha value is 1.37. The van der Waals surface area contributed by atoms with Crippen LogP contribution in [0.25, 0.3) is 0 Å². The van der Waals surface area contributed by atoms with Gasteiger partial charge < -0.3 is 8.33 Å². The fourth-order valence-electron chi connectivity index (χ4n) is 0. The van der Waals surface area contributed by atoms with Crippen LogP contribution in [-0.4, -0.2) is 68.7 Å². The predicted molar refractivity (Wildman–Crippen MR) is 26.6 cm³/mol. The predicted octanol–water partition coefficient (Wildman–Crippen LogP) is -2.37. The topological polar surface area (TPSA) is 82.7 Å². The molecule has 0 heterocycles. The molecule has 0 fully saturated rings. The summed E-state index contributed by atoms with van der Waals surface area (Å²) in [4.78, 5) is 0. The first-order valence-corrected chi connectivity index (χ1v) is 2.09. The minimum absolute atomic E-state index is 0.